The predicted octanol–water partition coefficient (Wildman–Crippen LogP) is 5.67. The van der Waals surface area contributed by atoms with Gasteiger partial charge < -0.3 is 18.3 Å². The van der Waals surface area contributed by atoms with E-state index in [9.17, 15) is 4.79 Å². The Morgan fingerprint density at radius 2 is 1.97 bits per heavy atom. The van der Waals surface area contributed by atoms with Crippen molar-refractivity contribution >= 4 is 29.1 Å². The first-order valence-corrected chi connectivity index (χ1v) is 12.4. The van der Waals surface area contributed by atoms with E-state index in [2.05, 4.69) is 14.8 Å². The summed E-state index contributed by atoms with van der Waals surface area (Å²) in [5.74, 6) is 1.85. The van der Waals surface area contributed by atoms with Gasteiger partial charge in [0.2, 0.25) is 0 Å². The molecule has 0 N–H and O–H groups in total. The van der Waals surface area contributed by atoms with Gasteiger partial charge in [-0.25, -0.2) is 0 Å². The lowest BCUT2D eigenvalue weighted by Gasteiger charge is -2.11. The van der Waals surface area contributed by atoms with Crippen LogP contribution in [0.4, 0.5) is 0 Å². The third-order valence-corrected chi connectivity index (χ3v) is 6.96. The van der Waals surface area contributed by atoms with Gasteiger partial charge in [0.05, 0.1) is 23.6 Å². The second-order valence-corrected chi connectivity index (χ2v) is 9.30. The van der Waals surface area contributed by atoms with Crippen LogP contribution in [-0.4, -0.2) is 44.6 Å². The van der Waals surface area contributed by atoms with Crippen LogP contribution in [0.5, 0.6) is 0 Å². The Morgan fingerprint density at radius 3 is 2.71 bits per heavy atom. The molecule has 3 heterocycles. The monoisotopic (exact) mass is 498 g/mol. The van der Waals surface area contributed by atoms with Crippen LogP contribution in [0, 0.1) is 13.8 Å². The Bertz CT molecular complexity index is 1260. The van der Waals surface area contributed by atoms with Crippen molar-refractivity contribution in [3.05, 3.63) is 76.5 Å². The van der Waals surface area contributed by atoms with Gasteiger partial charge in [0.25, 0.3) is 0 Å². The standard InChI is InChI=1S/C25H27ClN4O3S/c1-17-14-21(18(2)30(17)15-19-8-6-13-33-19)23(31)16-34-25-28-27-24(29(25)11-7-12-32-3)20-9-4-5-10-22(20)26/h4-6,8-10,13-14H,7,11-12,15-16H2,1-3H3. The summed E-state index contributed by atoms with van der Waals surface area (Å²) in [4.78, 5) is 13.2. The molecule has 0 saturated carbocycles. The zero-order valence-electron chi connectivity index (χ0n) is 19.5. The van der Waals surface area contributed by atoms with E-state index in [1.165, 1.54) is 11.8 Å². The number of halogens is 1. The fourth-order valence-corrected chi connectivity index (χ4v) is 4.97. The molecule has 0 bridgehead atoms. The summed E-state index contributed by atoms with van der Waals surface area (Å²) in [6, 6.07) is 13.3. The highest BCUT2D eigenvalue weighted by Crippen LogP contribution is 2.30. The number of thioether (sulfide) groups is 1. The largest absolute Gasteiger partial charge is 0.467 e. The summed E-state index contributed by atoms with van der Waals surface area (Å²) in [6.07, 6.45) is 2.45. The number of nitrogens with zero attached hydrogens (tertiary/aromatic N) is 4. The molecule has 0 radical (unpaired) electrons. The maximum Gasteiger partial charge on any atom is 0.191 e. The average Bonchev–Trinajstić information content (AvgIpc) is 3.55. The first-order chi connectivity index (χ1) is 16.5. The third kappa shape index (κ3) is 5.29. The SMILES string of the molecule is COCCCn1c(SCC(=O)c2cc(C)n(Cc3ccco3)c2C)nnc1-c1ccccc1Cl. The van der Waals surface area contributed by atoms with Crippen LogP contribution in [0.25, 0.3) is 11.4 Å². The Hall–Kier alpha value is -2.81. The summed E-state index contributed by atoms with van der Waals surface area (Å²) < 4.78 is 14.8. The number of aromatic nitrogens is 4. The summed E-state index contributed by atoms with van der Waals surface area (Å²) in [5, 5.41) is 10.1. The molecule has 7 nitrogen and oxygen atoms in total. The van der Waals surface area contributed by atoms with Gasteiger partial charge in [-0.3, -0.25) is 4.79 Å². The van der Waals surface area contributed by atoms with Gasteiger partial charge in [-0.15, -0.1) is 10.2 Å². The van der Waals surface area contributed by atoms with Crippen LogP contribution in [0.1, 0.15) is 33.9 Å². The van der Waals surface area contributed by atoms with Crippen molar-refractivity contribution < 1.29 is 13.9 Å². The van der Waals surface area contributed by atoms with Gasteiger partial charge >= 0.3 is 0 Å². The number of carbonyl (C=O) groups excluding carboxylic acids is 1. The van der Waals surface area contributed by atoms with E-state index in [4.69, 9.17) is 20.8 Å². The summed E-state index contributed by atoms with van der Waals surface area (Å²) in [6.45, 7) is 5.85. The first kappa shape index (κ1) is 24.3. The minimum Gasteiger partial charge on any atom is -0.467 e. The van der Waals surface area contributed by atoms with Gasteiger partial charge in [-0.2, -0.15) is 0 Å². The summed E-state index contributed by atoms with van der Waals surface area (Å²) in [5.41, 5.74) is 3.48. The molecule has 3 aromatic heterocycles. The molecule has 0 unspecified atom stereocenters. The zero-order valence-corrected chi connectivity index (χ0v) is 21.0. The second-order valence-electron chi connectivity index (χ2n) is 7.95. The number of furan rings is 1. The molecule has 0 aliphatic rings. The summed E-state index contributed by atoms with van der Waals surface area (Å²) in [7, 11) is 1.68. The maximum absolute atomic E-state index is 13.2. The molecule has 0 atom stereocenters. The number of carbonyl (C=O) groups is 1. The molecule has 178 valence electrons. The van der Waals surface area contributed by atoms with Crippen molar-refractivity contribution in [2.45, 2.75) is 38.5 Å². The maximum atomic E-state index is 13.2. The van der Waals surface area contributed by atoms with E-state index in [1.807, 2.05) is 60.9 Å². The first-order valence-electron chi connectivity index (χ1n) is 11.0. The van der Waals surface area contributed by atoms with Crippen molar-refractivity contribution in [2.75, 3.05) is 19.5 Å². The molecule has 0 aliphatic carbocycles. The minimum atomic E-state index is 0.0505. The van der Waals surface area contributed by atoms with Crippen LogP contribution >= 0.6 is 23.4 Å². The molecule has 34 heavy (non-hydrogen) atoms. The van der Waals surface area contributed by atoms with Gasteiger partial charge in [0.15, 0.2) is 16.8 Å². The number of aryl methyl sites for hydroxylation is 1. The van der Waals surface area contributed by atoms with Crippen LogP contribution in [0.3, 0.4) is 0 Å². The molecular formula is C25H27ClN4O3S. The van der Waals surface area contributed by atoms with Gasteiger partial charge in [-0.05, 0) is 50.6 Å². The molecule has 0 saturated heterocycles. The molecule has 0 amide bonds. The van der Waals surface area contributed by atoms with Crippen LogP contribution < -0.4 is 0 Å². The number of rotatable bonds is 11. The number of benzene rings is 1. The topological polar surface area (TPSA) is 75.1 Å². The van der Waals surface area contributed by atoms with E-state index in [-0.39, 0.29) is 11.5 Å². The number of hydrogen-bond acceptors (Lipinski definition) is 6. The quantitative estimate of drug-likeness (QED) is 0.151. The van der Waals surface area contributed by atoms with Crippen LogP contribution in [-0.2, 0) is 17.8 Å². The normalized spacial score (nSPS) is 11.3. The lowest BCUT2D eigenvalue weighted by Crippen LogP contribution is -2.09. The number of ketones is 1. The van der Waals surface area contributed by atoms with Gasteiger partial charge in [-0.1, -0.05) is 35.5 Å². The molecule has 0 fully saturated rings. The smallest absolute Gasteiger partial charge is 0.191 e. The van der Waals surface area contributed by atoms with Crippen molar-refractivity contribution in [3.63, 3.8) is 0 Å². The summed E-state index contributed by atoms with van der Waals surface area (Å²) >= 11 is 7.81. The lowest BCUT2D eigenvalue weighted by atomic mass is 10.2. The third-order valence-electron chi connectivity index (χ3n) is 5.66. The van der Waals surface area contributed by atoms with Crippen molar-refractivity contribution in [1.29, 1.82) is 0 Å². The molecule has 4 rings (SSSR count). The highest BCUT2D eigenvalue weighted by molar-refractivity contribution is 7.99. The lowest BCUT2D eigenvalue weighted by molar-refractivity contribution is 0.102. The van der Waals surface area contributed by atoms with Crippen molar-refractivity contribution in [2.24, 2.45) is 0 Å². The molecule has 1 aromatic carbocycles. The van der Waals surface area contributed by atoms with Crippen molar-refractivity contribution in [3.8, 4) is 11.4 Å². The van der Waals surface area contributed by atoms with E-state index in [0.717, 1.165) is 29.1 Å². The Balaban J connectivity index is 1.53. The van der Waals surface area contributed by atoms with E-state index >= 15 is 0 Å². The molecule has 4 aromatic rings. The average molecular weight is 499 g/mol. The van der Waals surface area contributed by atoms with E-state index in [0.29, 0.717) is 41.3 Å². The molecule has 0 aliphatic heterocycles. The van der Waals surface area contributed by atoms with Gasteiger partial charge in [0, 0.05) is 42.8 Å². The Kier molecular flexibility index (Phi) is 7.92. The van der Waals surface area contributed by atoms with Crippen molar-refractivity contribution in [1.82, 2.24) is 19.3 Å². The zero-order chi connectivity index (χ0) is 24.1. The van der Waals surface area contributed by atoms with Crippen LogP contribution in [0.2, 0.25) is 5.02 Å². The Labute approximate surface area is 208 Å². The molecule has 0 spiro atoms. The highest BCUT2D eigenvalue weighted by atomic mass is 35.5. The number of hydrogen-bond donors (Lipinski definition) is 0. The fourth-order valence-electron chi connectivity index (χ4n) is 3.90. The minimum absolute atomic E-state index is 0.0505. The number of methoxy groups -OCH3 is 1. The molecular weight excluding hydrogens is 472 g/mol. The highest BCUT2D eigenvalue weighted by Gasteiger charge is 2.20. The van der Waals surface area contributed by atoms with Gasteiger partial charge in [0.1, 0.15) is 5.76 Å². The Morgan fingerprint density at radius 1 is 1.15 bits per heavy atom. The number of ether oxygens (including phenoxy) is 1. The van der Waals surface area contributed by atoms with E-state index in [1.54, 1.807) is 13.4 Å². The predicted molar refractivity (Wildman–Crippen MR) is 134 cm³/mol. The van der Waals surface area contributed by atoms with Crippen LogP contribution in [0.15, 0.2) is 58.3 Å². The van der Waals surface area contributed by atoms with E-state index < -0.39 is 0 Å². The fraction of sp³-hybridized carbons (Fsp3) is 0.320. The number of Topliss-reactive ketones (excluding diaryl/α,β-unsaturated/α-hetero) is 1. The molecule has 9 heteroatoms. The second kappa shape index (κ2) is 11.1.